The maximum Gasteiger partial charge on any atom is 0.0772 e. The molecule has 0 aliphatic heterocycles. The SMILES string of the molecule is CN(Cc1ncccc1N)CC1CCC1. The van der Waals surface area contributed by atoms with Crippen molar-refractivity contribution in [2.24, 2.45) is 5.92 Å². The minimum absolute atomic E-state index is 0.804. The van der Waals surface area contributed by atoms with Gasteiger partial charge < -0.3 is 10.6 Å². The molecule has 82 valence electrons. The van der Waals surface area contributed by atoms with E-state index >= 15 is 0 Å². The molecule has 2 N–H and O–H groups in total. The quantitative estimate of drug-likeness (QED) is 0.816. The molecule has 0 spiro atoms. The Hall–Kier alpha value is -1.09. The second-order valence-electron chi connectivity index (χ2n) is 4.53. The van der Waals surface area contributed by atoms with Crippen LogP contribution in [0.4, 0.5) is 5.69 Å². The van der Waals surface area contributed by atoms with Gasteiger partial charge in [0.1, 0.15) is 0 Å². The van der Waals surface area contributed by atoms with E-state index in [2.05, 4.69) is 16.9 Å². The number of hydrogen-bond acceptors (Lipinski definition) is 3. The topological polar surface area (TPSA) is 42.2 Å². The maximum absolute atomic E-state index is 5.86. The zero-order valence-corrected chi connectivity index (χ0v) is 9.32. The molecule has 0 amide bonds. The van der Waals surface area contributed by atoms with Crippen LogP contribution in [0, 0.1) is 5.92 Å². The first kappa shape index (κ1) is 10.4. The fourth-order valence-electron chi connectivity index (χ4n) is 2.02. The summed E-state index contributed by atoms with van der Waals surface area (Å²) < 4.78 is 0. The Bertz CT molecular complexity index is 320. The number of hydrogen-bond donors (Lipinski definition) is 1. The standard InChI is InChI=1S/C12H19N3/c1-15(8-10-4-2-5-10)9-12-11(13)6-3-7-14-12/h3,6-7,10H,2,4-5,8-9,13H2,1H3. The van der Waals surface area contributed by atoms with Gasteiger partial charge in [-0.3, -0.25) is 4.98 Å². The van der Waals surface area contributed by atoms with Crippen molar-refractivity contribution in [3.05, 3.63) is 24.0 Å². The molecule has 1 aromatic heterocycles. The molecule has 1 fully saturated rings. The summed E-state index contributed by atoms with van der Waals surface area (Å²) in [4.78, 5) is 6.62. The molecule has 0 radical (unpaired) electrons. The summed E-state index contributed by atoms with van der Waals surface area (Å²) in [7, 11) is 2.15. The summed E-state index contributed by atoms with van der Waals surface area (Å²) in [5.74, 6) is 0.903. The smallest absolute Gasteiger partial charge is 0.0772 e. The number of nitrogen functional groups attached to an aromatic ring is 1. The van der Waals surface area contributed by atoms with Crippen LogP contribution < -0.4 is 5.73 Å². The lowest BCUT2D eigenvalue weighted by Crippen LogP contribution is -2.29. The van der Waals surface area contributed by atoms with Gasteiger partial charge in [-0.25, -0.2) is 0 Å². The van der Waals surface area contributed by atoms with Gasteiger partial charge in [0.25, 0.3) is 0 Å². The highest BCUT2D eigenvalue weighted by Crippen LogP contribution is 2.27. The van der Waals surface area contributed by atoms with E-state index in [0.717, 1.165) is 23.8 Å². The second-order valence-corrected chi connectivity index (χ2v) is 4.53. The number of pyridine rings is 1. The molecule has 0 aromatic carbocycles. The van der Waals surface area contributed by atoms with Crippen molar-refractivity contribution in [1.29, 1.82) is 0 Å². The molecule has 0 unspecified atom stereocenters. The number of aromatic nitrogens is 1. The second kappa shape index (κ2) is 4.62. The first-order chi connectivity index (χ1) is 7.25. The molecular formula is C12H19N3. The highest BCUT2D eigenvalue weighted by molar-refractivity contribution is 5.41. The van der Waals surface area contributed by atoms with Gasteiger partial charge in [-0.05, 0) is 37.9 Å². The normalized spacial score (nSPS) is 16.7. The molecule has 1 aromatic rings. The summed E-state index contributed by atoms with van der Waals surface area (Å²) in [6.45, 7) is 2.04. The van der Waals surface area contributed by atoms with Crippen molar-refractivity contribution in [3.63, 3.8) is 0 Å². The molecule has 3 nitrogen and oxygen atoms in total. The monoisotopic (exact) mass is 205 g/mol. The summed E-state index contributed by atoms with van der Waals surface area (Å²) in [5, 5.41) is 0. The Balaban J connectivity index is 1.87. The Kier molecular flexibility index (Phi) is 3.21. The van der Waals surface area contributed by atoms with Crippen molar-refractivity contribution in [1.82, 2.24) is 9.88 Å². The fourth-order valence-corrected chi connectivity index (χ4v) is 2.02. The van der Waals surface area contributed by atoms with Crippen LogP contribution >= 0.6 is 0 Å². The molecular weight excluding hydrogens is 186 g/mol. The van der Waals surface area contributed by atoms with E-state index < -0.39 is 0 Å². The molecule has 0 atom stereocenters. The predicted octanol–water partition coefficient (Wildman–Crippen LogP) is 1.90. The van der Waals surface area contributed by atoms with Crippen molar-refractivity contribution in [2.75, 3.05) is 19.3 Å². The largest absolute Gasteiger partial charge is 0.397 e. The number of nitrogens with two attached hydrogens (primary N) is 1. The lowest BCUT2D eigenvalue weighted by Gasteiger charge is -2.30. The van der Waals surface area contributed by atoms with E-state index in [9.17, 15) is 0 Å². The lowest BCUT2D eigenvalue weighted by molar-refractivity contribution is 0.199. The van der Waals surface area contributed by atoms with Crippen molar-refractivity contribution < 1.29 is 0 Å². The van der Waals surface area contributed by atoms with E-state index in [-0.39, 0.29) is 0 Å². The molecule has 15 heavy (non-hydrogen) atoms. The van der Waals surface area contributed by atoms with Gasteiger partial charge in [0.15, 0.2) is 0 Å². The third-order valence-electron chi connectivity index (χ3n) is 3.14. The maximum atomic E-state index is 5.86. The molecule has 1 aliphatic carbocycles. The first-order valence-corrected chi connectivity index (χ1v) is 5.63. The van der Waals surface area contributed by atoms with Crippen LogP contribution in [0.3, 0.4) is 0 Å². The number of anilines is 1. The molecule has 1 heterocycles. The van der Waals surface area contributed by atoms with Crippen LogP contribution in [0.2, 0.25) is 0 Å². The third kappa shape index (κ3) is 2.69. The highest BCUT2D eigenvalue weighted by Gasteiger charge is 2.19. The predicted molar refractivity (Wildman–Crippen MR) is 62.3 cm³/mol. The van der Waals surface area contributed by atoms with E-state index in [1.165, 1.54) is 25.8 Å². The molecule has 1 aliphatic rings. The van der Waals surface area contributed by atoms with Gasteiger partial charge in [-0.1, -0.05) is 6.42 Å². The molecule has 2 rings (SSSR count). The van der Waals surface area contributed by atoms with Gasteiger partial charge in [-0.15, -0.1) is 0 Å². The first-order valence-electron chi connectivity index (χ1n) is 5.63. The Morgan fingerprint density at radius 3 is 2.93 bits per heavy atom. The number of nitrogens with zero attached hydrogens (tertiary/aromatic N) is 2. The van der Waals surface area contributed by atoms with Crippen LogP contribution in [0.15, 0.2) is 18.3 Å². The van der Waals surface area contributed by atoms with Gasteiger partial charge >= 0.3 is 0 Å². The van der Waals surface area contributed by atoms with Crippen molar-refractivity contribution >= 4 is 5.69 Å². The molecule has 0 saturated heterocycles. The summed E-state index contributed by atoms with van der Waals surface area (Å²) in [5.41, 5.74) is 7.66. The zero-order valence-electron chi connectivity index (χ0n) is 9.32. The Morgan fingerprint density at radius 2 is 2.33 bits per heavy atom. The molecule has 1 saturated carbocycles. The van der Waals surface area contributed by atoms with Crippen LogP contribution in [0.25, 0.3) is 0 Å². The van der Waals surface area contributed by atoms with E-state index in [4.69, 9.17) is 5.73 Å². The Labute approximate surface area is 91.3 Å². The molecule has 3 heteroatoms. The van der Waals surface area contributed by atoms with Gasteiger partial charge in [0, 0.05) is 19.3 Å². The summed E-state index contributed by atoms with van der Waals surface area (Å²) in [6, 6.07) is 3.80. The Morgan fingerprint density at radius 1 is 1.53 bits per heavy atom. The zero-order chi connectivity index (χ0) is 10.7. The van der Waals surface area contributed by atoms with Crippen LogP contribution in [0.5, 0.6) is 0 Å². The average Bonchev–Trinajstić information content (AvgIpc) is 2.16. The average molecular weight is 205 g/mol. The van der Waals surface area contributed by atoms with E-state index in [1.807, 2.05) is 18.3 Å². The summed E-state index contributed by atoms with van der Waals surface area (Å²) in [6.07, 6.45) is 6.00. The van der Waals surface area contributed by atoms with Crippen molar-refractivity contribution in [3.8, 4) is 0 Å². The van der Waals surface area contributed by atoms with Crippen LogP contribution in [-0.2, 0) is 6.54 Å². The van der Waals surface area contributed by atoms with E-state index in [1.54, 1.807) is 0 Å². The molecule has 0 bridgehead atoms. The van der Waals surface area contributed by atoms with Crippen LogP contribution in [0.1, 0.15) is 25.0 Å². The highest BCUT2D eigenvalue weighted by atomic mass is 15.1. The summed E-state index contributed by atoms with van der Waals surface area (Å²) >= 11 is 0. The van der Waals surface area contributed by atoms with Crippen molar-refractivity contribution in [2.45, 2.75) is 25.8 Å². The van der Waals surface area contributed by atoms with Gasteiger partial charge in [0.2, 0.25) is 0 Å². The van der Waals surface area contributed by atoms with Gasteiger partial charge in [0.05, 0.1) is 11.4 Å². The van der Waals surface area contributed by atoms with Gasteiger partial charge in [-0.2, -0.15) is 0 Å². The third-order valence-corrected chi connectivity index (χ3v) is 3.14. The minimum atomic E-state index is 0.804. The fraction of sp³-hybridized carbons (Fsp3) is 0.583. The van der Waals surface area contributed by atoms with Crippen LogP contribution in [-0.4, -0.2) is 23.5 Å². The lowest BCUT2D eigenvalue weighted by atomic mass is 9.85. The number of rotatable bonds is 4. The van der Waals surface area contributed by atoms with E-state index in [0.29, 0.717) is 0 Å². The minimum Gasteiger partial charge on any atom is -0.397 e.